The molecule has 0 saturated heterocycles. The highest BCUT2D eigenvalue weighted by atomic mass is 32.1. The first-order chi connectivity index (χ1) is 11.5. The largest absolute Gasteiger partial charge is 0.356 e. The Morgan fingerprint density at radius 2 is 1.71 bits per heavy atom. The summed E-state index contributed by atoms with van der Waals surface area (Å²) in [6.07, 6.45) is -0.766. The topological polar surface area (TPSA) is 31.6 Å². The van der Waals surface area contributed by atoms with Gasteiger partial charge in [0.15, 0.2) is 12.6 Å². The van der Waals surface area contributed by atoms with Crippen LogP contribution in [0.1, 0.15) is 32.0 Å². The van der Waals surface area contributed by atoms with Crippen LogP contribution in [0.25, 0.3) is 21.0 Å². The van der Waals surface area contributed by atoms with E-state index in [2.05, 4.69) is 47.9 Å². The van der Waals surface area contributed by atoms with Crippen molar-refractivity contribution in [1.82, 2.24) is 0 Å². The molecule has 2 aromatic carbocycles. The van der Waals surface area contributed by atoms with Gasteiger partial charge in [-0.05, 0) is 25.3 Å². The summed E-state index contributed by atoms with van der Waals surface area (Å²) in [6, 6.07) is 12.8. The standard InChI is InChI=1S/C19H24NO3S/c1-12(22-15(4)23-14(3)21-5)20-13(2)24-19-17-9-7-6-8-16(17)10-11-18(19)20/h6-12,14-15H,1-5H3/q+1. The molecule has 0 aliphatic carbocycles. The minimum absolute atomic E-state index is 0.126. The summed E-state index contributed by atoms with van der Waals surface area (Å²) in [5, 5.41) is 3.75. The molecule has 0 aliphatic rings. The molecule has 5 heteroatoms. The highest BCUT2D eigenvalue weighted by Crippen LogP contribution is 2.30. The average Bonchev–Trinajstić information content (AvgIpc) is 2.91. The summed E-state index contributed by atoms with van der Waals surface area (Å²) >= 11 is 1.80. The zero-order valence-electron chi connectivity index (χ0n) is 14.8. The SMILES string of the molecule is COC(C)OC(C)OC(C)[n+]1c(C)sc2c3ccccc3ccc21. The van der Waals surface area contributed by atoms with Gasteiger partial charge in [-0.3, -0.25) is 4.74 Å². The molecule has 1 heterocycles. The van der Waals surface area contributed by atoms with Crippen molar-refractivity contribution in [3.63, 3.8) is 0 Å². The Kier molecular flexibility index (Phi) is 5.15. The maximum absolute atomic E-state index is 6.04. The van der Waals surface area contributed by atoms with Crippen molar-refractivity contribution in [3.05, 3.63) is 41.4 Å². The van der Waals surface area contributed by atoms with Crippen molar-refractivity contribution in [3.8, 4) is 0 Å². The number of ether oxygens (including phenoxy) is 3. The fourth-order valence-electron chi connectivity index (χ4n) is 3.04. The van der Waals surface area contributed by atoms with E-state index in [0.717, 1.165) is 0 Å². The van der Waals surface area contributed by atoms with Crippen molar-refractivity contribution in [2.75, 3.05) is 7.11 Å². The van der Waals surface area contributed by atoms with Gasteiger partial charge in [0.25, 0.3) is 6.23 Å². The Bertz CT molecular complexity index is 845. The predicted octanol–water partition coefficient (Wildman–Crippen LogP) is 4.54. The molecule has 0 saturated carbocycles. The molecule has 0 radical (unpaired) electrons. The molecule has 0 N–H and O–H groups in total. The minimum atomic E-state index is -0.350. The van der Waals surface area contributed by atoms with E-state index in [1.54, 1.807) is 18.4 Å². The molecule has 3 aromatic rings. The van der Waals surface area contributed by atoms with Crippen LogP contribution in [0.4, 0.5) is 0 Å². The number of thiazole rings is 1. The van der Waals surface area contributed by atoms with E-state index < -0.39 is 0 Å². The van der Waals surface area contributed by atoms with Gasteiger partial charge in [-0.1, -0.05) is 35.6 Å². The Hall–Kier alpha value is -1.53. The van der Waals surface area contributed by atoms with Gasteiger partial charge >= 0.3 is 0 Å². The number of methoxy groups -OCH3 is 1. The summed E-state index contributed by atoms with van der Waals surface area (Å²) in [6.45, 7) is 7.93. The minimum Gasteiger partial charge on any atom is -0.356 e. The zero-order chi connectivity index (χ0) is 17.3. The van der Waals surface area contributed by atoms with Crippen molar-refractivity contribution < 1.29 is 18.8 Å². The van der Waals surface area contributed by atoms with E-state index in [9.17, 15) is 0 Å². The normalized spacial score (nSPS) is 15.7. The van der Waals surface area contributed by atoms with Crippen LogP contribution >= 0.6 is 11.3 Å². The maximum Gasteiger partial charge on any atom is 0.263 e. The molecule has 24 heavy (non-hydrogen) atoms. The molecule has 3 rings (SSSR count). The highest BCUT2D eigenvalue weighted by Gasteiger charge is 2.26. The average molecular weight is 346 g/mol. The molecule has 4 nitrogen and oxygen atoms in total. The van der Waals surface area contributed by atoms with Crippen molar-refractivity contribution in [2.24, 2.45) is 0 Å². The van der Waals surface area contributed by atoms with Crippen LogP contribution in [0.5, 0.6) is 0 Å². The fourth-order valence-corrected chi connectivity index (χ4v) is 4.25. The number of aromatic nitrogens is 1. The number of nitrogens with zero attached hydrogens (tertiary/aromatic N) is 1. The van der Waals surface area contributed by atoms with Crippen LogP contribution < -0.4 is 4.57 Å². The summed E-state index contributed by atoms with van der Waals surface area (Å²) in [5.41, 5.74) is 1.19. The first-order valence-corrected chi connectivity index (χ1v) is 8.99. The van der Waals surface area contributed by atoms with Gasteiger partial charge in [0.1, 0.15) is 4.70 Å². The van der Waals surface area contributed by atoms with Crippen LogP contribution in [-0.2, 0) is 14.2 Å². The van der Waals surface area contributed by atoms with Crippen LogP contribution in [0.15, 0.2) is 36.4 Å². The Morgan fingerprint density at radius 3 is 2.46 bits per heavy atom. The monoisotopic (exact) mass is 346 g/mol. The Morgan fingerprint density at radius 1 is 0.958 bits per heavy atom. The number of rotatable bonds is 6. The molecule has 3 unspecified atom stereocenters. The lowest BCUT2D eigenvalue weighted by Gasteiger charge is -2.19. The maximum atomic E-state index is 6.04. The third-order valence-corrected chi connectivity index (χ3v) is 5.30. The lowest BCUT2D eigenvalue weighted by Crippen LogP contribution is -2.42. The second-order valence-corrected chi connectivity index (χ2v) is 7.07. The Labute approximate surface area is 146 Å². The Balaban J connectivity index is 1.94. The van der Waals surface area contributed by atoms with Gasteiger partial charge in [0.2, 0.25) is 10.5 Å². The van der Waals surface area contributed by atoms with E-state index in [-0.39, 0.29) is 18.8 Å². The molecular formula is C19H24NO3S+. The third kappa shape index (κ3) is 3.30. The van der Waals surface area contributed by atoms with Crippen LogP contribution in [0, 0.1) is 6.92 Å². The molecule has 128 valence electrons. The van der Waals surface area contributed by atoms with Crippen LogP contribution in [0.3, 0.4) is 0 Å². The molecule has 0 bridgehead atoms. The van der Waals surface area contributed by atoms with Crippen molar-refractivity contribution in [2.45, 2.75) is 46.5 Å². The van der Waals surface area contributed by atoms with E-state index in [4.69, 9.17) is 14.2 Å². The van der Waals surface area contributed by atoms with Crippen molar-refractivity contribution in [1.29, 1.82) is 0 Å². The number of hydrogen-bond donors (Lipinski definition) is 0. The number of benzene rings is 2. The molecule has 0 fully saturated rings. The second-order valence-electron chi connectivity index (χ2n) is 5.87. The van der Waals surface area contributed by atoms with E-state index in [0.29, 0.717) is 0 Å². The van der Waals surface area contributed by atoms with Gasteiger partial charge in [-0.2, -0.15) is 4.57 Å². The smallest absolute Gasteiger partial charge is 0.263 e. The van der Waals surface area contributed by atoms with Crippen LogP contribution in [0.2, 0.25) is 0 Å². The molecule has 0 aliphatic heterocycles. The first kappa shape index (κ1) is 17.3. The number of fused-ring (bicyclic) bond motifs is 3. The fraction of sp³-hybridized carbons (Fsp3) is 0.421. The van der Waals surface area contributed by atoms with E-state index in [1.807, 2.05) is 20.8 Å². The quantitative estimate of drug-likeness (QED) is 0.485. The number of aryl methyl sites for hydroxylation is 1. The summed E-state index contributed by atoms with van der Waals surface area (Å²) in [4.78, 5) is 0. The first-order valence-electron chi connectivity index (χ1n) is 8.17. The molecular weight excluding hydrogens is 322 g/mol. The van der Waals surface area contributed by atoms with Gasteiger partial charge in [-0.15, -0.1) is 0 Å². The molecule has 0 spiro atoms. The summed E-state index contributed by atoms with van der Waals surface area (Å²) < 4.78 is 20.3. The number of hydrogen-bond acceptors (Lipinski definition) is 4. The van der Waals surface area contributed by atoms with Gasteiger partial charge in [0.05, 0.1) is 0 Å². The lowest BCUT2D eigenvalue weighted by molar-refractivity contribution is -0.743. The summed E-state index contributed by atoms with van der Waals surface area (Å²) in [7, 11) is 1.62. The lowest BCUT2D eigenvalue weighted by atomic mass is 10.1. The predicted molar refractivity (Wildman–Crippen MR) is 97.1 cm³/mol. The molecule has 0 amide bonds. The van der Waals surface area contributed by atoms with Gasteiger partial charge in [-0.25, -0.2) is 0 Å². The second kappa shape index (κ2) is 7.15. The van der Waals surface area contributed by atoms with E-state index >= 15 is 0 Å². The van der Waals surface area contributed by atoms with Crippen LogP contribution in [-0.4, -0.2) is 19.7 Å². The molecule has 1 aromatic heterocycles. The highest BCUT2D eigenvalue weighted by molar-refractivity contribution is 7.19. The zero-order valence-corrected chi connectivity index (χ0v) is 15.6. The summed E-state index contributed by atoms with van der Waals surface area (Å²) in [5.74, 6) is 0. The van der Waals surface area contributed by atoms with Crippen molar-refractivity contribution >= 4 is 32.3 Å². The van der Waals surface area contributed by atoms with Gasteiger partial charge < -0.3 is 9.47 Å². The third-order valence-electron chi connectivity index (χ3n) is 4.17. The molecule has 3 atom stereocenters. The van der Waals surface area contributed by atoms with Gasteiger partial charge in [0, 0.05) is 32.4 Å². The van der Waals surface area contributed by atoms with E-state index in [1.165, 1.54) is 26.0 Å².